The molecule has 1 aromatic rings. The molecule has 0 spiro atoms. The van der Waals surface area contributed by atoms with Crippen LogP contribution in [0.2, 0.25) is 0 Å². The number of hydrogen-bond donors (Lipinski definition) is 1. The summed E-state index contributed by atoms with van der Waals surface area (Å²) in [5.41, 5.74) is 1.31. The first-order valence-corrected chi connectivity index (χ1v) is 8.08. The summed E-state index contributed by atoms with van der Waals surface area (Å²) >= 11 is 0. The molecule has 3 rings (SSSR count). The standard InChI is InChI=1S/C17H24N2O3/c20-17(16-7-4-9-22-16)18-11-15-13-19(8-10-21-15)12-14-5-2-1-3-6-14/h1-3,5-6,15-16H,4,7-13H2,(H,18,20). The molecule has 0 bridgehead atoms. The van der Waals surface area contributed by atoms with Gasteiger partial charge in [0.25, 0.3) is 0 Å². The van der Waals surface area contributed by atoms with Gasteiger partial charge >= 0.3 is 0 Å². The second-order valence-corrected chi connectivity index (χ2v) is 5.96. The molecule has 2 fully saturated rings. The first-order valence-electron chi connectivity index (χ1n) is 8.08. The van der Waals surface area contributed by atoms with E-state index in [9.17, 15) is 4.79 Å². The Morgan fingerprint density at radius 1 is 1.23 bits per heavy atom. The van der Waals surface area contributed by atoms with Crippen molar-refractivity contribution in [1.82, 2.24) is 10.2 Å². The molecule has 22 heavy (non-hydrogen) atoms. The lowest BCUT2D eigenvalue weighted by Crippen LogP contribution is -2.48. The van der Waals surface area contributed by atoms with Gasteiger partial charge in [-0.15, -0.1) is 0 Å². The number of carbonyl (C=O) groups is 1. The van der Waals surface area contributed by atoms with Crippen LogP contribution in [-0.2, 0) is 20.8 Å². The van der Waals surface area contributed by atoms with E-state index < -0.39 is 0 Å². The van der Waals surface area contributed by atoms with Gasteiger partial charge in [-0.25, -0.2) is 0 Å². The van der Waals surface area contributed by atoms with E-state index in [0.717, 1.165) is 32.5 Å². The summed E-state index contributed by atoms with van der Waals surface area (Å²) in [7, 11) is 0. The van der Waals surface area contributed by atoms with E-state index in [1.165, 1.54) is 5.56 Å². The third kappa shape index (κ3) is 4.29. The summed E-state index contributed by atoms with van der Waals surface area (Å²) in [5.74, 6) is 0.00119. The fourth-order valence-corrected chi connectivity index (χ4v) is 3.00. The zero-order chi connectivity index (χ0) is 15.2. The van der Waals surface area contributed by atoms with Crippen LogP contribution in [0.25, 0.3) is 0 Å². The minimum absolute atomic E-state index is 0.00119. The highest BCUT2D eigenvalue weighted by atomic mass is 16.5. The molecule has 2 aliphatic rings. The average Bonchev–Trinajstić information content (AvgIpc) is 3.08. The second-order valence-electron chi connectivity index (χ2n) is 5.96. The Hall–Kier alpha value is -1.43. The van der Waals surface area contributed by atoms with Gasteiger partial charge in [0.05, 0.1) is 12.7 Å². The van der Waals surface area contributed by atoms with Crippen LogP contribution in [0.5, 0.6) is 0 Å². The van der Waals surface area contributed by atoms with Crippen LogP contribution in [0.4, 0.5) is 0 Å². The molecule has 2 unspecified atom stereocenters. The van der Waals surface area contributed by atoms with Crippen molar-refractivity contribution >= 4 is 5.91 Å². The number of morpholine rings is 1. The number of amides is 1. The number of carbonyl (C=O) groups excluding carboxylic acids is 1. The maximum Gasteiger partial charge on any atom is 0.249 e. The number of benzene rings is 1. The van der Waals surface area contributed by atoms with Crippen molar-refractivity contribution in [1.29, 1.82) is 0 Å². The predicted octanol–water partition coefficient (Wildman–Crippen LogP) is 1.18. The molecule has 2 saturated heterocycles. The monoisotopic (exact) mass is 304 g/mol. The van der Waals surface area contributed by atoms with Crippen molar-refractivity contribution in [3.63, 3.8) is 0 Å². The molecule has 0 saturated carbocycles. The molecule has 1 amide bonds. The van der Waals surface area contributed by atoms with Crippen LogP contribution in [0.1, 0.15) is 18.4 Å². The number of hydrogen-bond acceptors (Lipinski definition) is 4. The number of ether oxygens (including phenoxy) is 2. The zero-order valence-electron chi connectivity index (χ0n) is 12.9. The highest BCUT2D eigenvalue weighted by Gasteiger charge is 2.25. The van der Waals surface area contributed by atoms with Crippen molar-refractivity contribution in [2.45, 2.75) is 31.6 Å². The van der Waals surface area contributed by atoms with E-state index in [1.54, 1.807) is 0 Å². The van der Waals surface area contributed by atoms with Crippen LogP contribution < -0.4 is 5.32 Å². The Morgan fingerprint density at radius 2 is 2.09 bits per heavy atom. The molecular weight excluding hydrogens is 280 g/mol. The van der Waals surface area contributed by atoms with E-state index in [0.29, 0.717) is 19.8 Å². The van der Waals surface area contributed by atoms with Crippen LogP contribution in [0.3, 0.4) is 0 Å². The molecule has 2 aliphatic heterocycles. The summed E-state index contributed by atoms with van der Waals surface area (Å²) in [4.78, 5) is 14.3. The molecule has 2 atom stereocenters. The quantitative estimate of drug-likeness (QED) is 0.887. The van der Waals surface area contributed by atoms with E-state index in [2.05, 4.69) is 34.5 Å². The molecule has 0 radical (unpaired) electrons. The van der Waals surface area contributed by atoms with Crippen LogP contribution in [0, 0.1) is 0 Å². The number of nitrogens with one attached hydrogen (secondary N) is 1. The van der Waals surface area contributed by atoms with Crippen LogP contribution >= 0.6 is 0 Å². The fraction of sp³-hybridized carbons (Fsp3) is 0.588. The molecule has 1 aromatic carbocycles. The van der Waals surface area contributed by atoms with Gasteiger partial charge in [0.15, 0.2) is 0 Å². The van der Waals surface area contributed by atoms with Crippen molar-refractivity contribution in [2.75, 3.05) is 32.8 Å². The minimum Gasteiger partial charge on any atom is -0.374 e. The maximum absolute atomic E-state index is 12.0. The molecule has 5 nitrogen and oxygen atoms in total. The van der Waals surface area contributed by atoms with E-state index in [4.69, 9.17) is 9.47 Å². The SMILES string of the molecule is O=C(NCC1CN(Cc2ccccc2)CCO1)C1CCCO1. The molecule has 2 heterocycles. The largest absolute Gasteiger partial charge is 0.374 e. The number of rotatable bonds is 5. The summed E-state index contributed by atoms with van der Waals surface area (Å²) in [5, 5.41) is 2.96. The highest BCUT2D eigenvalue weighted by Crippen LogP contribution is 2.13. The number of nitrogens with zero attached hydrogens (tertiary/aromatic N) is 1. The zero-order valence-corrected chi connectivity index (χ0v) is 12.9. The van der Waals surface area contributed by atoms with Gasteiger partial charge in [-0.05, 0) is 18.4 Å². The Kier molecular flexibility index (Phi) is 5.43. The lowest BCUT2D eigenvalue weighted by atomic mass is 10.2. The molecule has 0 aromatic heterocycles. The van der Waals surface area contributed by atoms with Gasteiger partial charge in [-0.1, -0.05) is 30.3 Å². The average molecular weight is 304 g/mol. The third-order valence-electron chi connectivity index (χ3n) is 4.20. The predicted molar refractivity (Wildman–Crippen MR) is 83.4 cm³/mol. The van der Waals surface area contributed by atoms with Crippen molar-refractivity contribution in [2.24, 2.45) is 0 Å². The van der Waals surface area contributed by atoms with Gasteiger partial charge in [-0.3, -0.25) is 9.69 Å². The van der Waals surface area contributed by atoms with Gasteiger partial charge in [0, 0.05) is 32.8 Å². The van der Waals surface area contributed by atoms with Crippen molar-refractivity contribution in [3.8, 4) is 0 Å². The molecular formula is C17H24N2O3. The highest BCUT2D eigenvalue weighted by molar-refractivity contribution is 5.80. The lowest BCUT2D eigenvalue weighted by molar-refractivity contribution is -0.131. The molecule has 1 N–H and O–H groups in total. The summed E-state index contributed by atoms with van der Waals surface area (Å²) in [6.45, 7) is 4.69. The van der Waals surface area contributed by atoms with Gasteiger partial charge in [0.1, 0.15) is 6.10 Å². The van der Waals surface area contributed by atoms with Gasteiger partial charge < -0.3 is 14.8 Å². The fourth-order valence-electron chi connectivity index (χ4n) is 3.00. The lowest BCUT2D eigenvalue weighted by Gasteiger charge is -2.33. The summed E-state index contributed by atoms with van der Waals surface area (Å²) in [6.07, 6.45) is 1.60. The van der Waals surface area contributed by atoms with Crippen molar-refractivity contribution in [3.05, 3.63) is 35.9 Å². The Morgan fingerprint density at radius 3 is 2.86 bits per heavy atom. The van der Waals surface area contributed by atoms with E-state index in [1.807, 2.05) is 6.07 Å². The molecule has 0 aliphatic carbocycles. The third-order valence-corrected chi connectivity index (χ3v) is 4.20. The summed E-state index contributed by atoms with van der Waals surface area (Å²) in [6, 6.07) is 10.4. The minimum atomic E-state index is -0.260. The van der Waals surface area contributed by atoms with Gasteiger partial charge in [-0.2, -0.15) is 0 Å². The maximum atomic E-state index is 12.0. The Bertz CT molecular complexity index is 474. The normalized spacial score (nSPS) is 26.0. The van der Waals surface area contributed by atoms with Crippen LogP contribution in [0.15, 0.2) is 30.3 Å². The topological polar surface area (TPSA) is 50.8 Å². The van der Waals surface area contributed by atoms with Crippen molar-refractivity contribution < 1.29 is 14.3 Å². The Labute approximate surface area is 131 Å². The van der Waals surface area contributed by atoms with E-state index in [-0.39, 0.29) is 18.1 Å². The smallest absolute Gasteiger partial charge is 0.249 e. The molecule has 120 valence electrons. The first-order chi connectivity index (χ1) is 10.8. The summed E-state index contributed by atoms with van der Waals surface area (Å²) < 4.78 is 11.2. The first kappa shape index (κ1) is 15.5. The second kappa shape index (κ2) is 7.72. The van der Waals surface area contributed by atoms with Gasteiger partial charge in [0.2, 0.25) is 5.91 Å². The Balaban J connectivity index is 1.43. The van der Waals surface area contributed by atoms with Crippen LogP contribution in [-0.4, -0.2) is 55.9 Å². The van der Waals surface area contributed by atoms with E-state index >= 15 is 0 Å². The molecule has 5 heteroatoms.